The van der Waals surface area contributed by atoms with Gasteiger partial charge in [0, 0.05) is 24.9 Å². The van der Waals surface area contributed by atoms with Gasteiger partial charge in [-0.3, -0.25) is 9.78 Å². The van der Waals surface area contributed by atoms with E-state index in [1.54, 1.807) is 18.3 Å². The molecule has 0 unspecified atom stereocenters. The van der Waals surface area contributed by atoms with E-state index in [4.69, 9.17) is 9.47 Å². The van der Waals surface area contributed by atoms with E-state index in [-0.39, 0.29) is 12.2 Å². The summed E-state index contributed by atoms with van der Waals surface area (Å²) >= 11 is 3.25. The van der Waals surface area contributed by atoms with Crippen LogP contribution in [0.5, 0.6) is 0 Å². The Kier molecular flexibility index (Phi) is 4.87. The Labute approximate surface area is 96.7 Å². The van der Waals surface area contributed by atoms with Crippen LogP contribution in [0.1, 0.15) is 16.9 Å². The molecule has 0 aliphatic carbocycles. The second-order valence-electron chi connectivity index (χ2n) is 2.89. The van der Waals surface area contributed by atoms with Gasteiger partial charge in [-0.25, -0.2) is 0 Å². The van der Waals surface area contributed by atoms with E-state index >= 15 is 0 Å². The first-order valence-electron chi connectivity index (χ1n) is 4.37. The number of methoxy groups -OCH3 is 2. The van der Waals surface area contributed by atoms with Gasteiger partial charge in [-0.05, 0) is 28.1 Å². The fourth-order valence-corrected chi connectivity index (χ4v) is 1.29. The summed E-state index contributed by atoms with van der Waals surface area (Å²) < 4.78 is 10.7. The number of ether oxygens (including phenoxy) is 2. The maximum atomic E-state index is 11.6. The second kappa shape index (κ2) is 5.95. The van der Waals surface area contributed by atoms with Crippen molar-refractivity contribution in [3.63, 3.8) is 0 Å². The summed E-state index contributed by atoms with van der Waals surface area (Å²) in [6, 6.07) is 3.43. The molecular formula is C10H12BrNO3. The Bertz CT molecular complexity index is 322. The van der Waals surface area contributed by atoms with Crippen LogP contribution in [0.25, 0.3) is 0 Å². The highest BCUT2D eigenvalue weighted by molar-refractivity contribution is 9.10. The lowest BCUT2D eigenvalue weighted by atomic mass is 10.2. The fraction of sp³-hybridized carbons (Fsp3) is 0.400. The van der Waals surface area contributed by atoms with Crippen LogP contribution in [0.2, 0.25) is 0 Å². The highest BCUT2D eigenvalue weighted by atomic mass is 79.9. The first-order chi connectivity index (χ1) is 7.17. The zero-order valence-electron chi connectivity index (χ0n) is 8.57. The van der Waals surface area contributed by atoms with Gasteiger partial charge in [-0.15, -0.1) is 0 Å². The number of rotatable bonds is 5. The van der Waals surface area contributed by atoms with Gasteiger partial charge in [0.15, 0.2) is 12.1 Å². The number of hydrogen-bond acceptors (Lipinski definition) is 4. The summed E-state index contributed by atoms with van der Waals surface area (Å²) in [5, 5.41) is 0. The van der Waals surface area contributed by atoms with E-state index in [2.05, 4.69) is 20.9 Å². The molecule has 0 bridgehead atoms. The Balaban J connectivity index is 2.64. The number of carbonyl (C=O) groups is 1. The van der Waals surface area contributed by atoms with E-state index in [9.17, 15) is 4.79 Å². The van der Waals surface area contributed by atoms with Crippen LogP contribution >= 0.6 is 15.9 Å². The van der Waals surface area contributed by atoms with Crippen molar-refractivity contribution in [3.05, 3.63) is 28.5 Å². The van der Waals surface area contributed by atoms with Crippen molar-refractivity contribution in [1.29, 1.82) is 0 Å². The summed E-state index contributed by atoms with van der Waals surface area (Å²) in [6.45, 7) is 0. The molecule has 15 heavy (non-hydrogen) atoms. The SMILES string of the molecule is COC(CC(=O)c1ccc(Br)cn1)OC. The molecular weight excluding hydrogens is 262 g/mol. The van der Waals surface area contributed by atoms with Crippen molar-refractivity contribution in [1.82, 2.24) is 4.98 Å². The summed E-state index contributed by atoms with van der Waals surface area (Å²) in [7, 11) is 2.99. The zero-order chi connectivity index (χ0) is 11.3. The number of pyridine rings is 1. The van der Waals surface area contributed by atoms with Crippen molar-refractivity contribution in [2.24, 2.45) is 0 Å². The number of nitrogens with zero attached hydrogens (tertiary/aromatic N) is 1. The predicted molar refractivity (Wildman–Crippen MR) is 58.7 cm³/mol. The first kappa shape index (κ1) is 12.3. The van der Waals surface area contributed by atoms with Gasteiger partial charge in [0.2, 0.25) is 0 Å². The third-order valence-electron chi connectivity index (χ3n) is 1.89. The highest BCUT2D eigenvalue weighted by Gasteiger charge is 2.14. The zero-order valence-corrected chi connectivity index (χ0v) is 10.2. The summed E-state index contributed by atoms with van der Waals surface area (Å²) in [4.78, 5) is 15.6. The van der Waals surface area contributed by atoms with Gasteiger partial charge in [0.05, 0.1) is 6.42 Å². The molecule has 1 rings (SSSR count). The number of carbonyl (C=O) groups excluding carboxylic acids is 1. The smallest absolute Gasteiger partial charge is 0.186 e. The second-order valence-corrected chi connectivity index (χ2v) is 3.81. The summed E-state index contributed by atoms with van der Waals surface area (Å²) in [5.74, 6) is -0.101. The van der Waals surface area contributed by atoms with E-state index in [0.717, 1.165) is 4.47 Å². The average molecular weight is 274 g/mol. The third kappa shape index (κ3) is 3.70. The van der Waals surface area contributed by atoms with Crippen LogP contribution in [0.4, 0.5) is 0 Å². The lowest BCUT2D eigenvalue weighted by Gasteiger charge is -2.11. The van der Waals surface area contributed by atoms with Crippen molar-refractivity contribution in [2.45, 2.75) is 12.7 Å². The molecule has 0 radical (unpaired) electrons. The highest BCUT2D eigenvalue weighted by Crippen LogP contribution is 2.10. The number of hydrogen-bond donors (Lipinski definition) is 0. The van der Waals surface area contributed by atoms with E-state index < -0.39 is 6.29 Å². The van der Waals surface area contributed by atoms with Crippen molar-refractivity contribution < 1.29 is 14.3 Å². The Morgan fingerprint density at radius 1 is 1.47 bits per heavy atom. The Hall–Kier alpha value is -0.780. The van der Waals surface area contributed by atoms with Gasteiger partial charge in [0.25, 0.3) is 0 Å². The predicted octanol–water partition coefficient (Wildman–Crippen LogP) is 2.04. The molecule has 4 nitrogen and oxygen atoms in total. The number of ketones is 1. The van der Waals surface area contributed by atoms with Crippen LogP contribution in [0.15, 0.2) is 22.8 Å². The minimum atomic E-state index is -0.511. The molecule has 0 aliphatic heterocycles. The van der Waals surface area contributed by atoms with Crippen LogP contribution in [-0.4, -0.2) is 31.3 Å². The largest absolute Gasteiger partial charge is 0.355 e. The number of Topliss-reactive ketones (excluding diaryl/α,β-unsaturated/α-hetero) is 1. The molecule has 0 saturated carbocycles. The standard InChI is InChI=1S/C10H12BrNO3/c1-14-10(15-2)5-9(13)8-4-3-7(11)6-12-8/h3-4,6,10H,5H2,1-2H3. The molecule has 0 fully saturated rings. The lowest BCUT2D eigenvalue weighted by Crippen LogP contribution is -2.18. The molecule has 1 aromatic heterocycles. The maximum absolute atomic E-state index is 11.6. The molecule has 82 valence electrons. The van der Waals surface area contributed by atoms with Gasteiger partial charge in [-0.1, -0.05) is 0 Å². The van der Waals surface area contributed by atoms with Gasteiger partial charge in [0.1, 0.15) is 5.69 Å². The Morgan fingerprint density at radius 3 is 2.60 bits per heavy atom. The molecule has 0 saturated heterocycles. The minimum Gasteiger partial charge on any atom is -0.355 e. The molecule has 0 amide bonds. The van der Waals surface area contributed by atoms with E-state index in [1.807, 2.05) is 0 Å². The van der Waals surface area contributed by atoms with Crippen LogP contribution in [0.3, 0.4) is 0 Å². The molecule has 5 heteroatoms. The number of halogens is 1. The van der Waals surface area contributed by atoms with Crippen molar-refractivity contribution >= 4 is 21.7 Å². The first-order valence-corrected chi connectivity index (χ1v) is 5.17. The minimum absolute atomic E-state index is 0.101. The van der Waals surface area contributed by atoms with Gasteiger partial charge < -0.3 is 9.47 Å². The van der Waals surface area contributed by atoms with E-state index in [0.29, 0.717) is 5.69 Å². The number of aromatic nitrogens is 1. The molecule has 1 aromatic rings. The third-order valence-corrected chi connectivity index (χ3v) is 2.36. The lowest BCUT2D eigenvalue weighted by molar-refractivity contribution is -0.0993. The fourth-order valence-electron chi connectivity index (χ4n) is 1.06. The van der Waals surface area contributed by atoms with Crippen LogP contribution < -0.4 is 0 Å². The normalized spacial score (nSPS) is 10.7. The van der Waals surface area contributed by atoms with E-state index in [1.165, 1.54) is 14.2 Å². The van der Waals surface area contributed by atoms with Crippen LogP contribution in [0, 0.1) is 0 Å². The van der Waals surface area contributed by atoms with Crippen molar-refractivity contribution in [2.75, 3.05) is 14.2 Å². The Morgan fingerprint density at radius 2 is 2.13 bits per heavy atom. The van der Waals surface area contributed by atoms with Crippen molar-refractivity contribution in [3.8, 4) is 0 Å². The summed E-state index contributed by atoms with van der Waals surface area (Å²) in [5.41, 5.74) is 0.414. The monoisotopic (exact) mass is 273 g/mol. The molecule has 0 aromatic carbocycles. The molecule has 0 N–H and O–H groups in total. The van der Waals surface area contributed by atoms with Gasteiger partial charge in [-0.2, -0.15) is 0 Å². The maximum Gasteiger partial charge on any atom is 0.186 e. The van der Waals surface area contributed by atoms with Gasteiger partial charge >= 0.3 is 0 Å². The quantitative estimate of drug-likeness (QED) is 0.609. The molecule has 1 heterocycles. The topological polar surface area (TPSA) is 48.4 Å². The molecule has 0 aliphatic rings. The molecule has 0 spiro atoms. The summed E-state index contributed by atoms with van der Waals surface area (Å²) in [6.07, 6.45) is 1.24. The molecule has 0 atom stereocenters. The average Bonchev–Trinajstić information content (AvgIpc) is 2.26. The van der Waals surface area contributed by atoms with Crippen LogP contribution in [-0.2, 0) is 9.47 Å².